The number of carbonyl (C=O) groups is 2. The van der Waals surface area contributed by atoms with Gasteiger partial charge in [0.15, 0.2) is 0 Å². The molecule has 18 heavy (non-hydrogen) atoms. The summed E-state index contributed by atoms with van der Waals surface area (Å²) >= 11 is 1.28. The van der Waals surface area contributed by atoms with Crippen LogP contribution in [0.3, 0.4) is 0 Å². The number of carboxylic acid groups (broad SMARTS) is 1. The standard InChI is InChI=1S/C11H17N3O3S/c1-6(2)3-7(11(16)17)14-10(15)8-5-18-9(4-12)13-8/h5-7H,3-4,12H2,1-2H3,(H,14,15)(H,16,17)/t7-/m1/s1. The fourth-order valence-electron chi connectivity index (χ4n) is 1.43. The Labute approximate surface area is 109 Å². The summed E-state index contributed by atoms with van der Waals surface area (Å²) < 4.78 is 0. The Kier molecular flexibility index (Phi) is 5.24. The lowest BCUT2D eigenvalue weighted by Crippen LogP contribution is -2.41. The summed E-state index contributed by atoms with van der Waals surface area (Å²) in [6.45, 7) is 4.07. The zero-order valence-electron chi connectivity index (χ0n) is 10.3. The van der Waals surface area contributed by atoms with Crippen molar-refractivity contribution in [2.45, 2.75) is 32.9 Å². The Morgan fingerprint density at radius 2 is 2.22 bits per heavy atom. The van der Waals surface area contributed by atoms with Crippen molar-refractivity contribution in [2.75, 3.05) is 0 Å². The second-order valence-corrected chi connectivity index (χ2v) is 5.27. The van der Waals surface area contributed by atoms with Gasteiger partial charge in [-0.05, 0) is 12.3 Å². The number of aliphatic carboxylic acids is 1. The molecule has 1 aromatic heterocycles. The van der Waals surface area contributed by atoms with Crippen LogP contribution in [-0.4, -0.2) is 28.0 Å². The van der Waals surface area contributed by atoms with Crippen molar-refractivity contribution in [3.05, 3.63) is 16.1 Å². The van der Waals surface area contributed by atoms with E-state index in [9.17, 15) is 9.59 Å². The van der Waals surface area contributed by atoms with Crippen molar-refractivity contribution >= 4 is 23.2 Å². The number of amides is 1. The van der Waals surface area contributed by atoms with Gasteiger partial charge in [0.2, 0.25) is 0 Å². The van der Waals surface area contributed by atoms with E-state index in [-0.39, 0.29) is 18.2 Å². The number of rotatable bonds is 6. The van der Waals surface area contributed by atoms with Gasteiger partial charge < -0.3 is 16.2 Å². The number of carbonyl (C=O) groups excluding carboxylic acids is 1. The maximum atomic E-state index is 11.8. The number of carboxylic acids is 1. The van der Waals surface area contributed by atoms with E-state index in [1.54, 1.807) is 5.38 Å². The van der Waals surface area contributed by atoms with Crippen LogP contribution in [0.4, 0.5) is 0 Å². The van der Waals surface area contributed by atoms with Crippen LogP contribution in [0, 0.1) is 5.92 Å². The van der Waals surface area contributed by atoms with Crippen LogP contribution >= 0.6 is 11.3 Å². The number of nitrogens with zero attached hydrogens (tertiary/aromatic N) is 1. The van der Waals surface area contributed by atoms with Crippen LogP contribution in [0.5, 0.6) is 0 Å². The summed E-state index contributed by atoms with van der Waals surface area (Å²) in [6.07, 6.45) is 0.384. The van der Waals surface area contributed by atoms with Crippen molar-refractivity contribution in [1.29, 1.82) is 0 Å². The predicted octanol–water partition coefficient (Wildman–Crippen LogP) is 0.831. The molecule has 100 valence electrons. The number of hydrogen-bond donors (Lipinski definition) is 3. The highest BCUT2D eigenvalue weighted by atomic mass is 32.1. The quantitative estimate of drug-likeness (QED) is 0.710. The number of nitrogens with two attached hydrogens (primary N) is 1. The minimum absolute atomic E-state index is 0.182. The molecule has 0 aliphatic rings. The van der Waals surface area contributed by atoms with Gasteiger partial charge in [-0.15, -0.1) is 11.3 Å². The number of nitrogens with one attached hydrogen (secondary N) is 1. The molecule has 7 heteroatoms. The van der Waals surface area contributed by atoms with Gasteiger partial charge in [-0.25, -0.2) is 9.78 Å². The van der Waals surface area contributed by atoms with E-state index in [2.05, 4.69) is 10.3 Å². The van der Waals surface area contributed by atoms with E-state index >= 15 is 0 Å². The fraction of sp³-hybridized carbons (Fsp3) is 0.545. The van der Waals surface area contributed by atoms with Crippen LogP contribution in [0.2, 0.25) is 0 Å². The number of aromatic nitrogens is 1. The van der Waals surface area contributed by atoms with E-state index in [0.29, 0.717) is 11.4 Å². The zero-order valence-corrected chi connectivity index (χ0v) is 11.2. The molecule has 0 aliphatic carbocycles. The SMILES string of the molecule is CC(C)C[C@@H](NC(=O)c1csc(CN)n1)C(=O)O. The van der Waals surface area contributed by atoms with Crippen molar-refractivity contribution in [2.24, 2.45) is 11.7 Å². The molecular formula is C11H17N3O3S. The predicted molar refractivity (Wildman–Crippen MR) is 68.4 cm³/mol. The van der Waals surface area contributed by atoms with Crippen LogP contribution in [0.1, 0.15) is 35.8 Å². The average molecular weight is 271 g/mol. The highest BCUT2D eigenvalue weighted by molar-refractivity contribution is 7.09. The summed E-state index contributed by atoms with van der Waals surface area (Å²) in [4.78, 5) is 26.8. The third-order valence-corrected chi connectivity index (χ3v) is 3.14. The molecule has 0 bridgehead atoms. The monoisotopic (exact) mass is 271 g/mol. The first-order chi connectivity index (χ1) is 8.43. The molecular weight excluding hydrogens is 254 g/mol. The first-order valence-electron chi connectivity index (χ1n) is 5.62. The van der Waals surface area contributed by atoms with E-state index in [0.717, 1.165) is 0 Å². The highest BCUT2D eigenvalue weighted by Crippen LogP contribution is 2.10. The van der Waals surface area contributed by atoms with Crippen LogP contribution < -0.4 is 11.1 Å². The first-order valence-corrected chi connectivity index (χ1v) is 6.50. The molecule has 1 heterocycles. The molecule has 6 nitrogen and oxygen atoms in total. The topological polar surface area (TPSA) is 105 Å². The lowest BCUT2D eigenvalue weighted by molar-refractivity contribution is -0.139. The minimum Gasteiger partial charge on any atom is -0.480 e. The second kappa shape index (κ2) is 6.46. The van der Waals surface area contributed by atoms with Crippen molar-refractivity contribution in [1.82, 2.24) is 10.3 Å². The molecule has 0 radical (unpaired) electrons. The summed E-state index contributed by atoms with van der Waals surface area (Å²) in [5.74, 6) is -1.33. The highest BCUT2D eigenvalue weighted by Gasteiger charge is 2.22. The van der Waals surface area contributed by atoms with Crippen molar-refractivity contribution in [3.63, 3.8) is 0 Å². The van der Waals surface area contributed by atoms with Gasteiger partial charge in [-0.2, -0.15) is 0 Å². The molecule has 0 spiro atoms. The van der Waals surface area contributed by atoms with E-state index in [1.165, 1.54) is 11.3 Å². The smallest absolute Gasteiger partial charge is 0.326 e. The molecule has 1 aromatic rings. The van der Waals surface area contributed by atoms with Gasteiger partial charge in [0, 0.05) is 11.9 Å². The molecule has 1 amide bonds. The molecule has 1 atom stereocenters. The Balaban J connectivity index is 2.69. The van der Waals surface area contributed by atoms with Crippen molar-refractivity contribution < 1.29 is 14.7 Å². The maximum Gasteiger partial charge on any atom is 0.326 e. The largest absolute Gasteiger partial charge is 0.480 e. The Morgan fingerprint density at radius 1 is 1.56 bits per heavy atom. The average Bonchev–Trinajstić information content (AvgIpc) is 2.75. The summed E-state index contributed by atoms with van der Waals surface area (Å²) in [5.41, 5.74) is 5.62. The van der Waals surface area contributed by atoms with E-state index in [1.807, 2.05) is 13.8 Å². The van der Waals surface area contributed by atoms with Crippen molar-refractivity contribution in [3.8, 4) is 0 Å². The first kappa shape index (κ1) is 14.6. The number of thiazole rings is 1. The molecule has 1 rings (SSSR count). The maximum absolute atomic E-state index is 11.8. The Bertz CT molecular complexity index is 431. The molecule has 0 saturated heterocycles. The number of hydrogen-bond acceptors (Lipinski definition) is 5. The third kappa shape index (κ3) is 4.08. The van der Waals surface area contributed by atoms with Crippen LogP contribution in [0.25, 0.3) is 0 Å². The van der Waals surface area contributed by atoms with Crippen LogP contribution in [0.15, 0.2) is 5.38 Å². The fourth-order valence-corrected chi connectivity index (χ4v) is 2.09. The lowest BCUT2D eigenvalue weighted by atomic mass is 10.0. The van der Waals surface area contributed by atoms with E-state index < -0.39 is 17.9 Å². The zero-order chi connectivity index (χ0) is 13.7. The molecule has 0 aliphatic heterocycles. The van der Waals surface area contributed by atoms with Gasteiger partial charge >= 0.3 is 5.97 Å². The van der Waals surface area contributed by atoms with Gasteiger partial charge in [-0.1, -0.05) is 13.8 Å². The molecule has 0 saturated carbocycles. The molecule has 0 unspecified atom stereocenters. The van der Waals surface area contributed by atoms with Gasteiger partial charge in [-0.3, -0.25) is 4.79 Å². The van der Waals surface area contributed by atoms with Gasteiger partial charge in [0.1, 0.15) is 16.7 Å². The lowest BCUT2D eigenvalue weighted by Gasteiger charge is -2.15. The van der Waals surface area contributed by atoms with E-state index in [4.69, 9.17) is 10.8 Å². The van der Waals surface area contributed by atoms with Gasteiger partial charge in [0.25, 0.3) is 5.91 Å². The minimum atomic E-state index is -1.04. The summed E-state index contributed by atoms with van der Waals surface area (Å²) in [5, 5.41) is 13.7. The third-order valence-electron chi connectivity index (χ3n) is 2.27. The molecule has 0 aromatic carbocycles. The Morgan fingerprint density at radius 3 is 2.67 bits per heavy atom. The second-order valence-electron chi connectivity index (χ2n) is 4.32. The summed E-state index contributed by atoms with van der Waals surface area (Å²) in [7, 11) is 0. The Hall–Kier alpha value is -1.47. The molecule has 0 fully saturated rings. The van der Waals surface area contributed by atoms with Crippen LogP contribution in [-0.2, 0) is 11.3 Å². The van der Waals surface area contributed by atoms with Gasteiger partial charge in [0.05, 0.1) is 0 Å². The molecule has 4 N–H and O–H groups in total. The normalized spacial score (nSPS) is 12.4. The summed E-state index contributed by atoms with van der Waals surface area (Å²) in [6, 6.07) is -0.888.